The Hall–Kier alpha value is -2.83. The smallest absolute Gasteiger partial charge is 0.227 e. The number of phenols is 1. The van der Waals surface area contributed by atoms with E-state index in [-0.39, 0.29) is 5.75 Å². The van der Waals surface area contributed by atoms with Crippen molar-refractivity contribution in [3.63, 3.8) is 0 Å². The Balaban J connectivity index is 1.58. The molecule has 7 heteroatoms. The lowest BCUT2D eigenvalue weighted by atomic mass is 10.2. The number of oxazole rings is 1. The summed E-state index contributed by atoms with van der Waals surface area (Å²) < 4.78 is 12.0. The van der Waals surface area contributed by atoms with E-state index in [4.69, 9.17) is 20.8 Å². The minimum absolute atomic E-state index is 0.0561. The van der Waals surface area contributed by atoms with Crippen molar-refractivity contribution in [3.8, 4) is 23.0 Å². The molecule has 5 nitrogen and oxygen atoms in total. The van der Waals surface area contributed by atoms with Gasteiger partial charge in [-0.2, -0.15) is 0 Å². The first-order valence-electron chi connectivity index (χ1n) is 8.89. The van der Waals surface area contributed by atoms with E-state index >= 15 is 0 Å². The maximum absolute atomic E-state index is 10.3. The Labute approximate surface area is 180 Å². The number of halogens is 2. The number of hydrogen-bond acceptors (Lipinski definition) is 5. The van der Waals surface area contributed by atoms with E-state index in [0.29, 0.717) is 39.9 Å². The van der Waals surface area contributed by atoms with Gasteiger partial charge in [0.15, 0.2) is 17.1 Å². The van der Waals surface area contributed by atoms with Crippen LogP contribution in [0.1, 0.15) is 12.5 Å². The Bertz CT molecular complexity index is 1200. The molecular weight excluding hydrogens is 456 g/mol. The molecule has 0 aliphatic carbocycles. The molecule has 0 fully saturated rings. The molecule has 146 valence electrons. The molecule has 0 radical (unpaired) electrons. The molecule has 1 aromatic heterocycles. The SMILES string of the molecule is CCOc1cc(Br)cc(C=Nc2ccc(-c3nc4cc(Cl)ccc4o3)cc2)c1O. The Kier molecular flexibility index (Phi) is 5.56. The molecule has 3 aromatic carbocycles. The van der Waals surface area contributed by atoms with Crippen molar-refractivity contribution >= 4 is 50.5 Å². The van der Waals surface area contributed by atoms with E-state index in [9.17, 15) is 5.11 Å². The van der Waals surface area contributed by atoms with Crippen LogP contribution in [0.15, 0.2) is 68.5 Å². The molecule has 4 rings (SSSR count). The van der Waals surface area contributed by atoms with E-state index < -0.39 is 0 Å². The molecule has 1 N–H and O–H groups in total. The number of rotatable bonds is 5. The molecule has 29 heavy (non-hydrogen) atoms. The van der Waals surface area contributed by atoms with Crippen LogP contribution in [0.5, 0.6) is 11.5 Å². The van der Waals surface area contributed by atoms with Crippen LogP contribution >= 0.6 is 27.5 Å². The summed E-state index contributed by atoms with van der Waals surface area (Å²) >= 11 is 9.42. The fourth-order valence-electron chi connectivity index (χ4n) is 2.82. The first kappa shape index (κ1) is 19.5. The summed E-state index contributed by atoms with van der Waals surface area (Å²) in [4.78, 5) is 8.91. The first-order valence-corrected chi connectivity index (χ1v) is 10.1. The zero-order valence-electron chi connectivity index (χ0n) is 15.4. The Morgan fingerprint density at radius 1 is 1.17 bits per heavy atom. The molecule has 0 aliphatic rings. The number of aromatic nitrogens is 1. The molecule has 0 unspecified atom stereocenters. The van der Waals surface area contributed by atoms with Crippen molar-refractivity contribution in [2.24, 2.45) is 4.99 Å². The van der Waals surface area contributed by atoms with Crippen LogP contribution < -0.4 is 4.74 Å². The summed E-state index contributed by atoms with van der Waals surface area (Å²) in [6.45, 7) is 2.32. The summed E-state index contributed by atoms with van der Waals surface area (Å²) in [6, 6.07) is 16.3. The van der Waals surface area contributed by atoms with Crippen molar-refractivity contribution < 1.29 is 14.3 Å². The molecule has 4 aromatic rings. The van der Waals surface area contributed by atoms with Crippen LogP contribution in [-0.2, 0) is 0 Å². The second kappa shape index (κ2) is 8.27. The second-order valence-corrected chi connectivity index (χ2v) is 7.56. The van der Waals surface area contributed by atoms with Crippen LogP contribution in [0.25, 0.3) is 22.6 Å². The highest BCUT2D eigenvalue weighted by Crippen LogP contribution is 2.33. The van der Waals surface area contributed by atoms with Crippen molar-refractivity contribution in [1.82, 2.24) is 4.98 Å². The third-order valence-corrected chi connectivity index (χ3v) is 4.88. The maximum atomic E-state index is 10.3. The number of benzene rings is 3. The molecule has 0 saturated heterocycles. The number of ether oxygens (including phenoxy) is 1. The predicted molar refractivity (Wildman–Crippen MR) is 119 cm³/mol. The third kappa shape index (κ3) is 4.28. The standard InChI is InChI=1S/C22H16BrClN2O3/c1-2-28-20-10-15(23)9-14(21(20)27)12-25-17-6-3-13(4-7-17)22-26-18-11-16(24)5-8-19(18)29-22/h3-12,27H,2H2,1H3. The van der Waals surface area contributed by atoms with E-state index in [1.54, 1.807) is 36.5 Å². The first-order chi connectivity index (χ1) is 14.0. The zero-order chi connectivity index (χ0) is 20.4. The van der Waals surface area contributed by atoms with Gasteiger partial charge in [0.05, 0.1) is 12.3 Å². The van der Waals surface area contributed by atoms with Crippen molar-refractivity contribution in [2.45, 2.75) is 6.92 Å². The summed E-state index contributed by atoms with van der Waals surface area (Å²) in [7, 11) is 0. The van der Waals surface area contributed by atoms with Crippen LogP contribution in [-0.4, -0.2) is 22.9 Å². The Morgan fingerprint density at radius 2 is 1.97 bits per heavy atom. The average molecular weight is 472 g/mol. The quantitative estimate of drug-likeness (QED) is 0.326. The van der Waals surface area contributed by atoms with Gasteiger partial charge in [0.25, 0.3) is 0 Å². The molecule has 0 aliphatic heterocycles. The normalized spacial score (nSPS) is 11.4. The van der Waals surface area contributed by atoms with E-state index in [0.717, 1.165) is 15.7 Å². The number of phenolic OH excluding ortho intramolecular Hbond substituents is 1. The van der Waals surface area contributed by atoms with Crippen LogP contribution in [0.3, 0.4) is 0 Å². The van der Waals surface area contributed by atoms with Crippen molar-refractivity contribution in [1.29, 1.82) is 0 Å². The van der Waals surface area contributed by atoms with E-state index in [2.05, 4.69) is 25.9 Å². The lowest BCUT2D eigenvalue weighted by Gasteiger charge is -2.08. The van der Waals surface area contributed by atoms with E-state index in [1.165, 1.54) is 0 Å². The minimum atomic E-state index is 0.0561. The average Bonchev–Trinajstić information content (AvgIpc) is 3.13. The predicted octanol–water partition coefficient (Wildman–Crippen LogP) is 6.77. The highest BCUT2D eigenvalue weighted by molar-refractivity contribution is 9.10. The van der Waals surface area contributed by atoms with Crippen LogP contribution in [0.4, 0.5) is 5.69 Å². The zero-order valence-corrected chi connectivity index (χ0v) is 17.7. The van der Waals surface area contributed by atoms with Gasteiger partial charge < -0.3 is 14.3 Å². The van der Waals surface area contributed by atoms with Gasteiger partial charge in [-0.3, -0.25) is 4.99 Å². The molecule has 0 atom stereocenters. The molecule has 0 bridgehead atoms. The van der Waals surface area contributed by atoms with Crippen LogP contribution in [0.2, 0.25) is 5.02 Å². The van der Waals surface area contributed by atoms with Crippen molar-refractivity contribution in [3.05, 3.63) is 69.7 Å². The Morgan fingerprint density at radius 3 is 2.72 bits per heavy atom. The largest absolute Gasteiger partial charge is 0.504 e. The monoisotopic (exact) mass is 470 g/mol. The molecule has 1 heterocycles. The highest BCUT2D eigenvalue weighted by atomic mass is 79.9. The minimum Gasteiger partial charge on any atom is -0.504 e. The fourth-order valence-corrected chi connectivity index (χ4v) is 3.44. The number of aromatic hydroxyl groups is 1. The van der Waals surface area contributed by atoms with Gasteiger partial charge in [0.2, 0.25) is 5.89 Å². The van der Waals surface area contributed by atoms with Gasteiger partial charge in [0, 0.05) is 26.8 Å². The van der Waals surface area contributed by atoms with E-state index in [1.807, 2.05) is 31.2 Å². The number of aliphatic imine (C=N–C) groups is 1. The summed E-state index contributed by atoms with van der Waals surface area (Å²) in [5.74, 6) is 0.985. The number of hydrogen-bond donors (Lipinski definition) is 1. The molecule has 0 amide bonds. The second-order valence-electron chi connectivity index (χ2n) is 6.21. The summed E-state index contributed by atoms with van der Waals surface area (Å²) in [5, 5.41) is 11.0. The third-order valence-electron chi connectivity index (χ3n) is 4.19. The molecule has 0 saturated carbocycles. The van der Waals surface area contributed by atoms with Gasteiger partial charge in [-0.15, -0.1) is 0 Å². The number of nitrogens with zero attached hydrogens (tertiary/aromatic N) is 2. The highest BCUT2D eigenvalue weighted by Gasteiger charge is 2.10. The molecular formula is C22H16BrClN2O3. The lowest BCUT2D eigenvalue weighted by molar-refractivity contribution is 0.317. The fraction of sp³-hybridized carbons (Fsp3) is 0.0909. The lowest BCUT2D eigenvalue weighted by Crippen LogP contribution is -1.94. The van der Waals surface area contributed by atoms with Crippen LogP contribution in [0, 0.1) is 0 Å². The molecule has 0 spiro atoms. The van der Waals surface area contributed by atoms with Gasteiger partial charge in [-0.1, -0.05) is 27.5 Å². The van der Waals surface area contributed by atoms with Gasteiger partial charge in [-0.05, 0) is 61.5 Å². The van der Waals surface area contributed by atoms with Crippen molar-refractivity contribution in [2.75, 3.05) is 6.61 Å². The maximum Gasteiger partial charge on any atom is 0.227 e. The van der Waals surface area contributed by atoms with Gasteiger partial charge >= 0.3 is 0 Å². The summed E-state index contributed by atoms with van der Waals surface area (Å²) in [5.41, 5.74) is 3.51. The number of fused-ring (bicyclic) bond motifs is 1. The topological polar surface area (TPSA) is 67.9 Å². The van der Waals surface area contributed by atoms with Gasteiger partial charge in [0.1, 0.15) is 5.52 Å². The van der Waals surface area contributed by atoms with Gasteiger partial charge in [-0.25, -0.2) is 4.98 Å². The summed E-state index contributed by atoms with van der Waals surface area (Å²) in [6.07, 6.45) is 1.60.